The molecule has 0 aliphatic heterocycles. The summed E-state index contributed by atoms with van der Waals surface area (Å²) in [6.45, 7) is 2.89. The smallest absolute Gasteiger partial charge is 0.127 e. The fourth-order valence-corrected chi connectivity index (χ4v) is 4.04. The lowest BCUT2D eigenvalue weighted by molar-refractivity contribution is 0.378. The van der Waals surface area contributed by atoms with E-state index in [1.54, 1.807) is 25.6 Å². The van der Waals surface area contributed by atoms with E-state index in [1.807, 2.05) is 24.3 Å². The lowest BCUT2D eigenvalue weighted by atomic mass is 10.0. The first kappa shape index (κ1) is 16.6. The van der Waals surface area contributed by atoms with Crippen molar-refractivity contribution in [3.05, 3.63) is 43.5 Å². The van der Waals surface area contributed by atoms with Gasteiger partial charge in [0, 0.05) is 9.35 Å². The Morgan fingerprint density at radius 2 is 1.90 bits per heavy atom. The Morgan fingerprint density at radius 1 is 1.29 bits per heavy atom. The highest BCUT2D eigenvalue weighted by atomic mass is 79.9. The fourth-order valence-electron chi connectivity index (χ4n) is 2.22. The van der Waals surface area contributed by atoms with E-state index < -0.39 is 0 Å². The third kappa shape index (κ3) is 3.54. The Bertz CT molecular complexity index is 576. The topological polar surface area (TPSA) is 30.5 Å². The quantitative estimate of drug-likeness (QED) is 0.762. The molecule has 0 aliphatic rings. The predicted molar refractivity (Wildman–Crippen MR) is 92.1 cm³/mol. The number of methoxy groups -OCH3 is 2. The van der Waals surface area contributed by atoms with Gasteiger partial charge >= 0.3 is 0 Å². The molecule has 3 nitrogen and oxygen atoms in total. The number of ether oxygens (including phenoxy) is 2. The molecule has 0 amide bonds. The number of halogens is 2. The molecule has 1 N–H and O–H groups in total. The minimum atomic E-state index is -0.0325. The van der Waals surface area contributed by atoms with E-state index in [0.29, 0.717) is 0 Å². The number of benzene rings is 1. The zero-order chi connectivity index (χ0) is 15.4. The zero-order valence-electron chi connectivity index (χ0n) is 12.1. The molecule has 1 aromatic carbocycles. The van der Waals surface area contributed by atoms with Crippen LogP contribution in [0.2, 0.25) is 4.34 Å². The van der Waals surface area contributed by atoms with Gasteiger partial charge in [0.25, 0.3) is 0 Å². The van der Waals surface area contributed by atoms with Gasteiger partial charge in [0.15, 0.2) is 0 Å². The molecule has 0 radical (unpaired) electrons. The fraction of sp³-hybridized carbons (Fsp3) is 0.333. The van der Waals surface area contributed by atoms with Crippen molar-refractivity contribution in [3.63, 3.8) is 0 Å². The van der Waals surface area contributed by atoms with Crippen molar-refractivity contribution < 1.29 is 9.47 Å². The predicted octanol–water partition coefficient (Wildman–Crippen LogP) is 4.88. The number of rotatable bonds is 6. The van der Waals surface area contributed by atoms with Gasteiger partial charge in [-0.25, -0.2) is 0 Å². The highest BCUT2D eigenvalue weighted by Crippen LogP contribution is 2.42. The van der Waals surface area contributed by atoms with Crippen molar-refractivity contribution in [2.45, 2.75) is 13.0 Å². The Balaban J connectivity index is 2.57. The molecule has 1 unspecified atom stereocenters. The summed E-state index contributed by atoms with van der Waals surface area (Å²) in [4.78, 5) is 1.11. The molecular formula is C15H17BrClNO2S. The first-order chi connectivity index (χ1) is 10.1. The van der Waals surface area contributed by atoms with Gasteiger partial charge in [0.1, 0.15) is 15.8 Å². The van der Waals surface area contributed by atoms with Crippen LogP contribution in [-0.2, 0) is 0 Å². The molecule has 1 heterocycles. The molecule has 0 fully saturated rings. The molecule has 1 atom stereocenters. The molecule has 1 aromatic heterocycles. The minimum Gasteiger partial charge on any atom is -0.496 e. The van der Waals surface area contributed by atoms with Crippen LogP contribution in [-0.4, -0.2) is 20.8 Å². The van der Waals surface area contributed by atoms with Crippen LogP contribution >= 0.6 is 38.9 Å². The van der Waals surface area contributed by atoms with Gasteiger partial charge < -0.3 is 14.8 Å². The molecule has 2 rings (SSSR count). The van der Waals surface area contributed by atoms with Gasteiger partial charge in [-0.15, -0.1) is 11.3 Å². The average Bonchev–Trinajstić information content (AvgIpc) is 2.83. The summed E-state index contributed by atoms with van der Waals surface area (Å²) < 4.78 is 12.7. The second-order valence-corrected chi connectivity index (χ2v) is 6.88. The van der Waals surface area contributed by atoms with Crippen molar-refractivity contribution in [1.82, 2.24) is 5.32 Å². The van der Waals surface area contributed by atoms with Gasteiger partial charge in [-0.2, -0.15) is 0 Å². The van der Waals surface area contributed by atoms with Gasteiger partial charge in [0.05, 0.1) is 25.8 Å². The van der Waals surface area contributed by atoms with Crippen molar-refractivity contribution in [3.8, 4) is 11.5 Å². The highest BCUT2D eigenvalue weighted by molar-refractivity contribution is 9.10. The van der Waals surface area contributed by atoms with Crippen molar-refractivity contribution in [2.75, 3.05) is 20.8 Å². The Hall–Kier alpha value is -0.750. The molecule has 114 valence electrons. The summed E-state index contributed by atoms with van der Waals surface area (Å²) in [6, 6.07) is 7.79. The molecule has 0 bridgehead atoms. The van der Waals surface area contributed by atoms with Crippen LogP contribution in [0.15, 0.2) is 28.7 Å². The van der Waals surface area contributed by atoms with Gasteiger partial charge in [0.2, 0.25) is 0 Å². The van der Waals surface area contributed by atoms with Crippen LogP contribution < -0.4 is 14.8 Å². The van der Waals surface area contributed by atoms with Crippen LogP contribution in [0.3, 0.4) is 0 Å². The van der Waals surface area contributed by atoms with Crippen LogP contribution in [0.4, 0.5) is 0 Å². The molecule has 0 saturated heterocycles. The minimum absolute atomic E-state index is 0.0325. The maximum Gasteiger partial charge on any atom is 0.127 e. The third-order valence-corrected chi connectivity index (χ3v) is 5.65. The summed E-state index contributed by atoms with van der Waals surface area (Å²) in [5.41, 5.74) is 0.981. The zero-order valence-corrected chi connectivity index (χ0v) is 15.2. The van der Waals surface area contributed by atoms with Crippen LogP contribution in [0.1, 0.15) is 23.4 Å². The summed E-state index contributed by atoms with van der Waals surface area (Å²) in [5, 5.41) is 3.48. The van der Waals surface area contributed by atoms with E-state index in [4.69, 9.17) is 21.1 Å². The Labute approximate surface area is 142 Å². The molecule has 21 heavy (non-hydrogen) atoms. The maximum absolute atomic E-state index is 6.19. The highest BCUT2D eigenvalue weighted by Gasteiger charge is 2.24. The van der Waals surface area contributed by atoms with Crippen LogP contribution in [0, 0.1) is 0 Å². The number of hydrogen-bond acceptors (Lipinski definition) is 4. The van der Waals surface area contributed by atoms with E-state index >= 15 is 0 Å². The SMILES string of the molecule is CCNC(c1cc(Br)c(Cl)s1)c1c(OC)cccc1OC. The standard InChI is InChI=1S/C15H17BrClNO2S/c1-4-18-14(12-8-9(16)15(17)21-12)13-10(19-2)6-5-7-11(13)20-3/h5-8,14,18H,4H2,1-3H3. The van der Waals surface area contributed by atoms with E-state index in [-0.39, 0.29) is 6.04 Å². The summed E-state index contributed by atoms with van der Waals surface area (Å²) in [5.74, 6) is 1.59. The number of thiophene rings is 1. The van der Waals surface area contributed by atoms with E-state index in [2.05, 4.69) is 28.2 Å². The second kappa shape index (κ2) is 7.49. The lowest BCUT2D eigenvalue weighted by Crippen LogP contribution is -2.22. The van der Waals surface area contributed by atoms with Gasteiger partial charge in [-0.3, -0.25) is 0 Å². The Morgan fingerprint density at radius 3 is 2.33 bits per heavy atom. The van der Waals surface area contributed by atoms with Crippen molar-refractivity contribution in [2.24, 2.45) is 0 Å². The van der Waals surface area contributed by atoms with Crippen LogP contribution in [0.5, 0.6) is 11.5 Å². The first-order valence-corrected chi connectivity index (χ1v) is 8.50. The molecule has 0 spiro atoms. The van der Waals surface area contributed by atoms with E-state index in [1.165, 1.54) is 0 Å². The molecule has 2 aromatic rings. The summed E-state index contributed by atoms with van der Waals surface area (Å²) in [6.07, 6.45) is 0. The summed E-state index contributed by atoms with van der Waals surface area (Å²) in [7, 11) is 3.33. The summed E-state index contributed by atoms with van der Waals surface area (Å²) >= 11 is 11.2. The second-order valence-electron chi connectivity index (χ2n) is 4.34. The van der Waals surface area contributed by atoms with E-state index in [0.717, 1.165) is 37.3 Å². The molecular weight excluding hydrogens is 374 g/mol. The van der Waals surface area contributed by atoms with Gasteiger partial charge in [-0.05, 0) is 40.7 Å². The maximum atomic E-state index is 6.19. The molecule has 6 heteroatoms. The number of nitrogens with one attached hydrogen (secondary N) is 1. The van der Waals surface area contributed by atoms with Crippen molar-refractivity contribution >= 4 is 38.9 Å². The largest absolute Gasteiger partial charge is 0.496 e. The van der Waals surface area contributed by atoms with Gasteiger partial charge in [-0.1, -0.05) is 24.6 Å². The van der Waals surface area contributed by atoms with Crippen LogP contribution in [0.25, 0.3) is 0 Å². The van der Waals surface area contributed by atoms with Crippen molar-refractivity contribution in [1.29, 1.82) is 0 Å². The monoisotopic (exact) mass is 389 g/mol. The number of hydrogen-bond donors (Lipinski definition) is 1. The van der Waals surface area contributed by atoms with E-state index in [9.17, 15) is 0 Å². The average molecular weight is 391 g/mol. The Kier molecular flexibility index (Phi) is 5.93. The lowest BCUT2D eigenvalue weighted by Gasteiger charge is -2.22. The normalized spacial score (nSPS) is 12.2. The first-order valence-electron chi connectivity index (χ1n) is 6.51. The molecule has 0 saturated carbocycles. The molecule has 0 aliphatic carbocycles. The third-order valence-electron chi connectivity index (χ3n) is 3.11.